The zero-order chi connectivity index (χ0) is 18.0. The van der Waals surface area contributed by atoms with Crippen LogP contribution in [0.4, 0.5) is 0 Å². The van der Waals surface area contributed by atoms with Gasteiger partial charge in [-0.3, -0.25) is 0 Å². The Hall–Kier alpha value is 2.58. The quantitative estimate of drug-likeness (QED) is 0.210. The maximum Gasteiger partial charge on any atom is 2.00 e. The van der Waals surface area contributed by atoms with Crippen molar-refractivity contribution >= 4 is 31.3 Å². The third-order valence-corrected chi connectivity index (χ3v) is 0. The van der Waals surface area contributed by atoms with E-state index in [2.05, 4.69) is 0 Å². The molecule has 0 amide bonds. The van der Waals surface area contributed by atoms with Crippen LogP contribution in [0.25, 0.3) is 0 Å². The molecule has 0 fully saturated rings. The Morgan fingerprint density at radius 2 is 0.304 bits per heavy atom. The van der Waals surface area contributed by atoms with E-state index in [0.29, 0.717) is 0 Å². The molecule has 0 aliphatic heterocycles. The van der Waals surface area contributed by atoms with E-state index in [1.54, 1.807) is 0 Å². The van der Waals surface area contributed by atoms with Crippen LogP contribution in [0.5, 0.6) is 0 Å². The van der Waals surface area contributed by atoms with Gasteiger partial charge in [-0.2, -0.15) is 31.3 Å². The van der Waals surface area contributed by atoms with Crippen LogP contribution in [0.15, 0.2) is 0 Å². The van der Waals surface area contributed by atoms with Gasteiger partial charge in [0.2, 0.25) is 0 Å². The first-order valence-electron chi connectivity index (χ1n) is 2.92. The van der Waals surface area contributed by atoms with E-state index in [0.717, 1.165) is 0 Å². The molecular weight excluding hydrogens is 523 g/mol. The summed E-state index contributed by atoms with van der Waals surface area (Å²) < 4.78 is 34.2. The first-order valence-corrected chi connectivity index (χ1v) is 8.76. The molecule has 23 heavy (non-hydrogen) atoms. The fourth-order valence-corrected chi connectivity index (χ4v) is 0. The third kappa shape index (κ3) is 1880. The van der Waals surface area contributed by atoms with E-state index >= 15 is 0 Å². The second kappa shape index (κ2) is 19.3. The molecule has 0 unspecified atom stereocenters. The summed E-state index contributed by atoms with van der Waals surface area (Å²) in [5.74, 6) is 0. The topological polar surface area (TPSA) is 345 Å². The van der Waals surface area contributed by atoms with Crippen LogP contribution in [0, 0.1) is 0 Å². The van der Waals surface area contributed by atoms with Crippen LogP contribution in [-0.4, -0.2) is 0 Å². The van der Waals surface area contributed by atoms with Gasteiger partial charge in [0.15, 0.2) is 0 Å². The standard InChI is InChI=1S/4H3O4P.3Ti/c4*1-5(2,3)4;;;/h4*(H3,1,2,3,4);;;/q;;;;3*+2/p-12. The number of rotatable bonds is 0. The van der Waals surface area contributed by atoms with Gasteiger partial charge in [0.1, 0.15) is 0 Å². The van der Waals surface area contributed by atoms with Gasteiger partial charge in [0.25, 0.3) is 0 Å². The van der Waals surface area contributed by atoms with Crippen molar-refractivity contribution in [2.75, 3.05) is 0 Å². The van der Waals surface area contributed by atoms with Crippen molar-refractivity contribution in [2.45, 2.75) is 0 Å². The molecule has 0 radical (unpaired) electrons. The predicted octanol–water partition coefficient (Wildman–Crippen LogP) is -11.3. The molecule has 0 saturated carbocycles. The number of hydrogen-bond acceptors (Lipinski definition) is 16. The van der Waals surface area contributed by atoms with E-state index in [1.807, 2.05) is 0 Å². The minimum Gasteiger partial charge on any atom is -0.822 e. The Labute approximate surface area is 172 Å². The van der Waals surface area contributed by atoms with Crippen LogP contribution in [0.3, 0.4) is 0 Å². The monoisotopic (exact) mass is 524 g/mol. The van der Waals surface area contributed by atoms with Gasteiger partial charge >= 0.3 is 65.2 Å². The fraction of sp³-hybridized carbons (Fsp3) is 0. The van der Waals surface area contributed by atoms with Gasteiger partial charge < -0.3 is 77.0 Å². The van der Waals surface area contributed by atoms with Crippen LogP contribution in [0.2, 0.25) is 0 Å². The van der Waals surface area contributed by atoms with Crippen molar-refractivity contribution in [3.8, 4) is 0 Å². The summed E-state index contributed by atoms with van der Waals surface area (Å²) in [6.07, 6.45) is 0. The molecule has 134 valence electrons. The van der Waals surface area contributed by atoms with Crippen LogP contribution in [0.1, 0.15) is 0 Å². The third-order valence-electron chi connectivity index (χ3n) is 0. The first-order chi connectivity index (χ1) is 8.00. The van der Waals surface area contributed by atoms with Gasteiger partial charge in [-0.25, -0.2) is 0 Å². The Morgan fingerprint density at radius 1 is 0.304 bits per heavy atom. The van der Waals surface area contributed by atoms with Crippen molar-refractivity contribution in [1.82, 2.24) is 0 Å². The molecule has 0 heterocycles. The molecule has 0 aromatic carbocycles. The molecule has 0 spiro atoms. The maximum absolute atomic E-state index is 8.55. The van der Waals surface area contributed by atoms with Crippen LogP contribution < -0.4 is 58.7 Å². The van der Waals surface area contributed by atoms with E-state index in [-0.39, 0.29) is 65.2 Å². The van der Waals surface area contributed by atoms with Crippen LogP contribution in [-0.2, 0) is 83.4 Å². The summed E-state index contributed by atoms with van der Waals surface area (Å²) in [5, 5.41) is 0. The van der Waals surface area contributed by atoms with E-state index in [9.17, 15) is 0 Å². The fourth-order valence-electron chi connectivity index (χ4n) is 0. The SMILES string of the molecule is O=P([O-])([O-])[O-].O=P([O-])([O-])[O-].O=P([O-])([O-])[O-].O=P([O-])([O-])[O-].[Ti+2].[Ti+2].[Ti+2]. The van der Waals surface area contributed by atoms with Crippen molar-refractivity contribution in [3.05, 3.63) is 0 Å². The average Bonchev–Trinajstić information content (AvgIpc) is 1.62. The molecule has 0 aliphatic carbocycles. The average molecular weight is 523 g/mol. The minimum absolute atomic E-state index is 0. The number of phosphoric acid groups is 4. The Kier molecular flexibility index (Phi) is 37.7. The second-order valence-electron chi connectivity index (χ2n) is 1.79. The molecule has 0 aliphatic rings. The van der Waals surface area contributed by atoms with E-state index in [4.69, 9.17) is 77.0 Å². The molecule has 23 heteroatoms. The normalized spacial score (nSPS) is 10.3. The van der Waals surface area contributed by atoms with Gasteiger partial charge in [0.05, 0.1) is 0 Å². The molecule has 0 atom stereocenters. The molecular formula is O16P4Ti3-6. The maximum atomic E-state index is 8.55. The van der Waals surface area contributed by atoms with Crippen molar-refractivity contribution in [3.63, 3.8) is 0 Å². The zero-order valence-corrected chi connectivity index (χ0v) is 18.1. The van der Waals surface area contributed by atoms with Gasteiger partial charge in [-0.15, -0.1) is 0 Å². The van der Waals surface area contributed by atoms with Crippen LogP contribution >= 0.6 is 31.3 Å². The van der Waals surface area contributed by atoms with E-state index in [1.165, 1.54) is 0 Å². The summed E-state index contributed by atoms with van der Waals surface area (Å²) in [5.41, 5.74) is 0. The van der Waals surface area contributed by atoms with E-state index < -0.39 is 31.3 Å². The van der Waals surface area contributed by atoms with Crippen molar-refractivity contribution in [1.29, 1.82) is 0 Å². The minimum atomic E-state index is -5.39. The second-order valence-corrected chi connectivity index (χ2v) is 5.37. The molecule has 0 aromatic heterocycles. The summed E-state index contributed by atoms with van der Waals surface area (Å²) in [4.78, 5) is 103. The molecule has 0 saturated heterocycles. The Morgan fingerprint density at radius 3 is 0.304 bits per heavy atom. The molecule has 0 bridgehead atoms. The predicted molar refractivity (Wildman–Crippen MR) is 30.4 cm³/mol. The van der Waals surface area contributed by atoms with Gasteiger partial charge in [-0.1, -0.05) is 0 Å². The molecule has 0 N–H and O–H groups in total. The van der Waals surface area contributed by atoms with Crippen molar-refractivity contribution in [2.24, 2.45) is 0 Å². The van der Waals surface area contributed by atoms with Gasteiger partial charge in [0, 0.05) is 0 Å². The summed E-state index contributed by atoms with van der Waals surface area (Å²) in [7, 11) is -21.6. The Balaban J connectivity index is -0.0000000284. The summed E-state index contributed by atoms with van der Waals surface area (Å²) in [6, 6.07) is 0. The smallest absolute Gasteiger partial charge is 0.822 e. The Bertz CT molecular complexity index is 292. The molecule has 16 nitrogen and oxygen atoms in total. The first kappa shape index (κ1) is 44.8. The molecule has 0 aromatic rings. The summed E-state index contributed by atoms with van der Waals surface area (Å²) >= 11 is 0. The number of hydrogen-bond donors (Lipinski definition) is 0. The molecule has 0 rings (SSSR count). The summed E-state index contributed by atoms with van der Waals surface area (Å²) in [6.45, 7) is 0. The largest absolute Gasteiger partial charge is 2.00 e. The van der Waals surface area contributed by atoms with Crippen molar-refractivity contribution < 1.29 is 142 Å². The zero-order valence-electron chi connectivity index (χ0n) is 9.82. The van der Waals surface area contributed by atoms with Gasteiger partial charge in [-0.05, 0) is 0 Å².